The van der Waals surface area contributed by atoms with Crippen LogP contribution >= 0.6 is 36.2 Å². The van der Waals surface area contributed by atoms with Gasteiger partial charge in [0, 0.05) is 5.69 Å². The van der Waals surface area contributed by atoms with Crippen molar-refractivity contribution >= 4 is 57.9 Å². The molecular formula is C16H21Cl2N3OS. The number of likely N-dealkylation sites (N-methyl/N-ethyl adjacent to an activating group) is 1. The lowest BCUT2D eigenvalue weighted by Crippen LogP contribution is -2.29. The van der Waals surface area contributed by atoms with Crippen LogP contribution in [0.3, 0.4) is 0 Å². The van der Waals surface area contributed by atoms with Crippen LogP contribution in [0.4, 0.5) is 0 Å². The number of thiazole rings is 1. The summed E-state index contributed by atoms with van der Waals surface area (Å²) in [5.41, 5.74) is 3.05. The van der Waals surface area contributed by atoms with Gasteiger partial charge in [-0.25, -0.2) is 4.98 Å². The largest absolute Gasteiger partial charge is 0.296 e. The molecule has 126 valence electrons. The molecule has 0 fully saturated rings. The van der Waals surface area contributed by atoms with Crippen molar-refractivity contribution in [2.24, 2.45) is 0 Å². The van der Waals surface area contributed by atoms with Crippen molar-refractivity contribution in [2.45, 2.75) is 20.8 Å². The van der Waals surface area contributed by atoms with Crippen LogP contribution in [0.25, 0.3) is 16.0 Å². The number of imidazole rings is 1. The fourth-order valence-electron chi connectivity index (χ4n) is 2.64. The zero-order valence-corrected chi connectivity index (χ0v) is 15.9. The number of ketones is 1. The molecule has 0 unspecified atom stereocenters. The molecule has 23 heavy (non-hydrogen) atoms. The maximum atomic E-state index is 12.5. The standard InChI is InChI=1S/C16H19N3OS.2ClH/c1-4-18(5-2)10-14(20)15-11(3)19-13-9-7-6-8-12(13)17-16(19)21-15;;/h6-9H,4-5,10H2,1-3H3;2*1H. The van der Waals surface area contributed by atoms with Gasteiger partial charge in [-0.05, 0) is 32.1 Å². The third kappa shape index (κ3) is 3.53. The Balaban J connectivity index is 0.00000132. The lowest BCUT2D eigenvalue weighted by atomic mass is 10.2. The molecule has 0 aliphatic carbocycles. The zero-order chi connectivity index (χ0) is 15.0. The number of rotatable bonds is 5. The molecule has 0 saturated carbocycles. The fourth-order valence-corrected chi connectivity index (χ4v) is 3.71. The van der Waals surface area contributed by atoms with E-state index in [1.165, 1.54) is 11.3 Å². The van der Waals surface area contributed by atoms with Gasteiger partial charge in [-0.1, -0.05) is 37.3 Å². The van der Waals surface area contributed by atoms with Gasteiger partial charge in [0.1, 0.15) is 0 Å². The van der Waals surface area contributed by atoms with E-state index < -0.39 is 0 Å². The number of fused-ring (bicyclic) bond motifs is 3. The van der Waals surface area contributed by atoms with E-state index in [1.54, 1.807) is 0 Å². The summed E-state index contributed by atoms with van der Waals surface area (Å²) >= 11 is 1.50. The van der Waals surface area contributed by atoms with Crippen LogP contribution in [0.1, 0.15) is 29.2 Å². The van der Waals surface area contributed by atoms with E-state index in [2.05, 4.69) is 28.1 Å². The van der Waals surface area contributed by atoms with E-state index in [1.807, 2.05) is 31.2 Å². The summed E-state index contributed by atoms with van der Waals surface area (Å²) in [4.78, 5) is 21.0. The van der Waals surface area contributed by atoms with Gasteiger partial charge in [0.25, 0.3) is 0 Å². The molecule has 0 aliphatic heterocycles. The van der Waals surface area contributed by atoms with Crippen molar-refractivity contribution in [3.8, 4) is 0 Å². The Morgan fingerprint density at radius 2 is 1.87 bits per heavy atom. The Morgan fingerprint density at radius 1 is 1.22 bits per heavy atom. The normalized spacial score (nSPS) is 10.8. The van der Waals surface area contributed by atoms with Gasteiger partial charge in [-0.15, -0.1) is 24.8 Å². The summed E-state index contributed by atoms with van der Waals surface area (Å²) in [7, 11) is 0. The fraction of sp³-hybridized carbons (Fsp3) is 0.375. The number of carbonyl (C=O) groups excluding carboxylic acids is 1. The van der Waals surface area contributed by atoms with Crippen molar-refractivity contribution in [1.82, 2.24) is 14.3 Å². The maximum Gasteiger partial charge on any atom is 0.195 e. The average molecular weight is 374 g/mol. The highest BCUT2D eigenvalue weighted by Gasteiger charge is 2.19. The van der Waals surface area contributed by atoms with Crippen molar-refractivity contribution in [2.75, 3.05) is 19.6 Å². The molecule has 2 aromatic heterocycles. The van der Waals surface area contributed by atoms with Crippen LogP contribution in [0.2, 0.25) is 0 Å². The number of para-hydroxylation sites is 2. The quantitative estimate of drug-likeness (QED) is 0.628. The van der Waals surface area contributed by atoms with E-state index >= 15 is 0 Å². The van der Waals surface area contributed by atoms with Crippen LogP contribution in [-0.2, 0) is 0 Å². The monoisotopic (exact) mass is 373 g/mol. The number of hydrogen-bond donors (Lipinski definition) is 0. The minimum Gasteiger partial charge on any atom is -0.296 e. The molecule has 3 rings (SSSR count). The van der Waals surface area contributed by atoms with E-state index in [4.69, 9.17) is 0 Å². The number of aromatic nitrogens is 2. The van der Waals surface area contributed by atoms with Gasteiger partial charge in [0.2, 0.25) is 0 Å². The van der Waals surface area contributed by atoms with Gasteiger partial charge in [-0.3, -0.25) is 14.1 Å². The van der Waals surface area contributed by atoms with Gasteiger partial charge < -0.3 is 0 Å². The van der Waals surface area contributed by atoms with Gasteiger partial charge >= 0.3 is 0 Å². The molecule has 0 radical (unpaired) electrons. The number of Topliss-reactive ketones (excluding diaryl/α,β-unsaturated/α-hetero) is 1. The van der Waals surface area contributed by atoms with Crippen molar-refractivity contribution in [3.63, 3.8) is 0 Å². The van der Waals surface area contributed by atoms with Crippen molar-refractivity contribution < 1.29 is 4.79 Å². The summed E-state index contributed by atoms with van der Waals surface area (Å²) in [6.07, 6.45) is 0. The summed E-state index contributed by atoms with van der Waals surface area (Å²) in [5.74, 6) is 0.191. The minimum atomic E-state index is 0. The Bertz CT molecular complexity index is 808. The van der Waals surface area contributed by atoms with Crippen molar-refractivity contribution in [1.29, 1.82) is 0 Å². The molecule has 2 heterocycles. The van der Waals surface area contributed by atoms with E-state index in [-0.39, 0.29) is 30.6 Å². The van der Waals surface area contributed by atoms with Gasteiger partial charge in [0.05, 0.1) is 22.5 Å². The third-order valence-corrected chi connectivity index (χ3v) is 5.09. The van der Waals surface area contributed by atoms with Gasteiger partial charge in [0.15, 0.2) is 10.7 Å². The molecule has 0 amide bonds. The average Bonchev–Trinajstić information content (AvgIpc) is 3.01. The molecule has 4 nitrogen and oxygen atoms in total. The molecule has 3 aromatic rings. The Kier molecular flexibility index (Phi) is 7.02. The highest BCUT2D eigenvalue weighted by molar-refractivity contribution is 7.19. The Labute approximate surface area is 152 Å². The molecule has 0 aliphatic rings. The number of aryl methyl sites for hydroxylation is 1. The van der Waals surface area contributed by atoms with E-state index in [0.717, 1.165) is 39.7 Å². The lowest BCUT2D eigenvalue weighted by Gasteiger charge is -2.16. The molecular weight excluding hydrogens is 353 g/mol. The second-order valence-corrected chi connectivity index (χ2v) is 6.10. The summed E-state index contributed by atoms with van der Waals surface area (Å²) in [5, 5.41) is 0. The molecule has 1 aromatic carbocycles. The third-order valence-electron chi connectivity index (χ3n) is 3.90. The summed E-state index contributed by atoms with van der Waals surface area (Å²) in [6, 6.07) is 8.05. The van der Waals surface area contributed by atoms with Crippen LogP contribution in [0.15, 0.2) is 24.3 Å². The first kappa shape index (κ1) is 19.9. The Hall–Kier alpha value is -1.14. The number of hydrogen-bond acceptors (Lipinski definition) is 4. The molecule has 7 heteroatoms. The molecule has 0 N–H and O–H groups in total. The topological polar surface area (TPSA) is 37.6 Å². The van der Waals surface area contributed by atoms with Crippen LogP contribution in [0.5, 0.6) is 0 Å². The van der Waals surface area contributed by atoms with Crippen LogP contribution < -0.4 is 0 Å². The van der Waals surface area contributed by atoms with E-state index in [9.17, 15) is 4.79 Å². The molecule has 0 saturated heterocycles. The molecule has 0 spiro atoms. The highest BCUT2D eigenvalue weighted by atomic mass is 35.5. The smallest absolute Gasteiger partial charge is 0.195 e. The molecule has 0 bridgehead atoms. The second-order valence-electron chi connectivity index (χ2n) is 5.12. The SMILES string of the molecule is CCN(CC)CC(=O)c1sc2nc3ccccc3n2c1C.Cl.Cl. The number of carbonyl (C=O) groups is 1. The predicted octanol–water partition coefficient (Wildman–Crippen LogP) is 4.23. The summed E-state index contributed by atoms with van der Waals surface area (Å²) < 4.78 is 2.09. The first-order valence-electron chi connectivity index (χ1n) is 7.27. The summed E-state index contributed by atoms with van der Waals surface area (Å²) in [6.45, 7) is 8.44. The maximum absolute atomic E-state index is 12.5. The predicted molar refractivity (Wildman–Crippen MR) is 102 cm³/mol. The highest BCUT2D eigenvalue weighted by Crippen LogP contribution is 2.28. The number of nitrogens with zero attached hydrogens (tertiary/aromatic N) is 3. The van der Waals surface area contributed by atoms with Gasteiger partial charge in [-0.2, -0.15) is 0 Å². The molecule has 0 atom stereocenters. The first-order chi connectivity index (χ1) is 10.2. The van der Waals surface area contributed by atoms with E-state index in [0.29, 0.717) is 6.54 Å². The Morgan fingerprint density at radius 3 is 2.52 bits per heavy atom. The number of benzene rings is 1. The van der Waals surface area contributed by atoms with Crippen LogP contribution in [0, 0.1) is 6.92 Å². The van der Waals surface area contributed by atoms with Crippen LogP contribution in [-0.4, -0.2) is 39.7 Å². The zero-order valence-electron chi connectivity index (χ0n) is 13.4. The number of halogens is 2. The first-order valence-corrected chi connectivity index (χ1v) is 8.09. The van der Waals surface area contributed by atoms with Crippen molar-refractivity contribution in [3.05, 3.63) is 34.8 Å². The second kappa shape index (κ2) is 8.11. The minimum absolute atomic E-state index is 0. The lowest BCUT2D eigenvalue weighted by molar-refractivity contribution is 0.0940.